The predicted molar refractivity (Wildman–Crippen MR) is 87.4 cm³/mol. The number of nitro benzene ring substituents is 1. The van der Waals surface area contributed by atoms with E-state index in [1.54, 1.807) is 12.1 Å². The molecule has 110 valence electrons. The zero-order valence-electron chi connectivity index (χ0n) is 11.8. The molecule has 4 nitrogen and oxygen atoms in total. The largest absolute Gasteiger partial charge is 0.310 e. The normalized spacial score (nSPS) is 12.1. The van der Waals surface area contributed by atoms with Crippen LogP contribution >= 0.6 is 15.9 Å². The van der Waals surface area contributed by atoms with Crippen molar-refractivity contribution in [2.75, 3.05) is 6.54 Å². The van der Waals surface area contributed by atoms with Crippen molar-refractivity contribution in [1.82, 2.24) is 5.32 Å². The molecule has 1 N–H and O–H groups in total. The molecule has 0 radical (unpaired) electrons. The Morgan fingerprint density at radius 3 is 2.52 bits per heavy atom. The van der Waals surface area contributed by atoms with Gasteiger partial charge in [-0.25, -0.2) is 0 Å². The Kier molecular flexibility index (Phi) is 5.47. The van der Waals surface area contributed by atoms with Gasteiger partial charge in [0.05, 0.1) is 4.92 Å². The summed E-state index contributed by atoms with van der Waals surface area (Å²) >= 11 is 3.42. The molecule has 0 aromatic heterocycles. The lowest BCUT2D eigenvalue weighted by Gasteiger charge is -2.14. The van der Waals surface area contributed by atoms with Crippen molar-refractivity contribution >= 4 is 21.6 Å². The van der Waals surface area contributed by atoms with E-state index in [0.717, 1.165) is 10.0 Å². The van der Waals surface area contributed by atoms with E-state index in [1.807, 2.05) is 24.3 Å². The van der Waals surface area contributed by atoms with Crippen LogP contribution in [0.2, 0.25) is 0 Å². The SMILES string of the molecule is C[C@H](NCCc1ccccc1[N+](=O)[O-])c1ccc(Br)cc1. The molecule has 0 amide bonds. The molecule has 0 aliphatic carbocycles. The molecule has 0 saturated carbocycles. The maximum atomic E-state index is 11.0. The fourth-order valence-electron chi connectivity index (χ4n) is 2.19. The Morgan fingerprint density at radius 1 is 1.19 bits per heavy atom. The van der Waals surface area contributed by atoms with Gasteiger partial charge < -0.3 is 5.32 Å². The lowest BCUT2D eigenvalue weighted by Crippen LogP contribution is -2.21. The minimum atomic E-state index is -0.326. The van der Waals surface area contributed by atoms with Crippen LogP contribution in [0.4, 0.5) is 5.69 Å². The first-order valence-corrected chi connectivity index (χ1v) is 7.58. The molecule has 0 spiro atoms. The Labute approximate surface area is 132 Å². The van der Waals surface area contributed by atoms with Crippen molar-refractivity contribution in [1.29, 1.82) is 0 Å². The number of nitro groups is 1. The molecule has 0 heterocycles. The molecule has 0 bridgehead atoms. The quantitative estimate of drug-likeness (QED) is 0.627. The van der Waals surface area contributed by atoms with Gasteiger partial charge in [-0.05, 0) is 37.6 Å². The molecular formula is C16H17BrN2O2. The van der Waals surface area contributed by atoms with Gasteiger partial charge in [0, 0.05) is 22.1 Å². The zero-order chi connectivity index (χ0) is 15.2. The van der Waals surface area contributed by atoms with Crippen LogP contribution in [0, 0.1) is 10.1 Å². The standard InChI is InChI=1S/C16H17BrN2O2/c1-12(13-6-8-15(17)9-7-13)18-11-10-14-4-2-3-5-16(14)19(20)21/h2-9,12,18H,10-11H2,1H3/t12-/m0/s1. The van der Waals surface area contributed by atoms with Crippen LogP contribution in [0.5, 0.6) is 0 Å². The van der Waals surface area contributed by atoms with Gasteiger partial charge in [-0.2, -0.15) is 0 Å². The lowest BCUT2D eigenvalue weighted by molar-refractivity contribution is -0.385. The molecule has 0 unspecified atom stereocenters. The molecule has 2 rings (SSSR count). The fraction of sp³-hybridized carbons (Fsp3) is 0.250. The summed E-state index contributed by atoms with van der Waals surface area (Å²) in [5.74, 6) is 0. The van der Waals surface area contributed by atoms with E-state index >= 15 is 0 Å². The van der Waals surface area contributed by atoms with Crippen molar-refractivity contribution in [3.05, 3.63) is 74.2 Å². The molecule has 21 heavy (non-hydrogen) atoms. The van der Waals surface area contributed by atoms with Gasteiger partial charge in [0.2, 0.25) is 0 Å². The second-order valence-corrected chi connectivity index (χ2v) is 5.78. The minimum Gasteiger partial charge on any atom is -0.310 e. The van der Waals surface area contributed by atoms with Gasteiger partial charge in [-0.15, -0.1) is 0 Å². The van der Waals surface area contributed by atoms with Crippen molar-refractivity contribution in [3.63, 3.8) is 0 Å². The Hall–Kier alpha value is -1.72. The summed E-state index contributed by atoms with van der Waals surface area (Å²) in [6.45, 7) is 2.78. The van der Waals surface area contributed by atoms with Crippen LogP contribution < -0.4 is 5.32 Å². The van der Waals surface area contributed by atoms with Crippen LogP contribution in [-0.2, 0) is 6.42 Å². The van der Waals surface area contributed by atoms with Gasteiger partial charge in [0.25, 0.3) is 5.69 Å². The van der Waals surface area contributed by atoms with E-state index in [-0.39, 0.29) is 16.7 Å². The fourth-order valence-corrected chi connectivity index (χ4v) is 2.46. The number of hydrogen-bond donors (Lipinski definition) is 1. The first kappa shape index (κ1) is 15.7. The Bertz CT molecular complexity index is 614. The maximum absolute atomic E-state index is 11.0. The van der Waals surface area contributed by atoms with Crippen LogP contribution in [-0.4, -0.2) is 11.5 Å². The average molecular weight is 349 g/mol. The van der Waals surface area contributed by atoms with Gasteiger partial charge in [0.1, 0.15) is 0 Å². The van der Waals surface area contributed by atoms with E-state index in [0.29, 0.717) is 13.0 Å². The highest BCUT2D eigenvalue weighted by molar-refractivity contribution is 9.10. The summed E-state index contributed by atoms with van der Waals surface area (Å²) in [6, 6.07) is 15.2. The van der Waals surface area contributed by atoms with E-state index in [1.165, 1.54) is 5.56 Å². The molecule has 0 aliphatic heterocycles. The summed E-state index contributed by atoms with van der Waals surface area (Å²) in [5, 5.41) is 14.3. The van der Waals surface area contributed by atoms with E-state index in [2.05, 4.69) is 40.3 Å². The number of rotatable bonds is 6. The second kappa shape index (κ2) is 7.33. The molecular weight excluding hydrogens is 332 g/mol. The monoisotopic (exact) mass is 348 g/mol. The summed E-state index contributed by atoms with van der Waals surface area (Å²) in [6.07, 6.45) is 0.637. The minimum absolute atomic E-state index is 0.190. The number of nitrogens with zero attached hydrogens (tertiary/aromatic N) is 1. The summed E-state index contributed by atoms with van der Waals surface area (Å²) in [4.78, 5) is 10.6. The van der Waals surface area contributed by atoms with Crippen molar-refractivity contribution in [2.45, 2.75) is 19.4 Å². The molecule has 0 fully saturated rings. The third kappa shape index (κ3) is 4.37. The molecule has 0 saturated heterocycles. The van der Waals surface area contributed by atoms with Gasteiger partial charge in [-0.3, -0.25) is 10.1 Å². The number of benzene rings is 2. The Morgan fingerprint density at radius 2 is 1.86 bits per heavy atom. The smallest absolute Gasteiger partial charge is 0.272 e. The topological polar surface area (TPSA) is 55.2 Å². The second-order valence-electron chi connectivity index (χ2n) is 4.86. The van der Waals surface area contributed by atoms with Crippen molar-refractivity contribution in [3.8, 4) is 0 Å². The van der Waals surface area contributed by atoms with E-state index < -0.39 is 0 Å². The molecule has 5 heteroatoms. The number of hydrogen-bond acceptors (Lipinski definition) is 3. The number of para-hydroxylation sites is 1. The van der Waals surface area contributed by atoms with Crippen molar-refractivity contribution < 1.29 is 4.92 Å². The average Bonchev–Trinajstić information content (AvgIpc) is 2.48. The lowest BCUT2D eigenvalue weighted by atomic mass is 10.1. The first-order chi connectivity index (χ1) is 10.1. The molecule has 2 aromatic carbocycles. The summed E-state index contributed by atoms with van der Waals surface area (Å²) < 4.78 is 1.05. The van der Waals surface area contributed by atoms with E-state index in [9.17, 15) is 10.1 Å². The molecule has 0 aliphatic rings. The number of halogens is 1. The zero-order valence-corrected chi connectivity index (χ0v) is 13.3. The molecule has 2 aromatic rings. The van der Waals surface area contributed by atoms with Gasteiger partial charge in [0.15, 0.2) is 0 Å². The number of nitrogens with one attached hydrogen (secondary N) is 1. The predicted octanol–water partition coefficient (Wildman–Crippen LogP) is 4.25. The van der Waals surface area contributed by atoms with Crippen LogP contribution in [0.15, 0.2) is 53.0 Å². The van der Waals surface area contributed by atoms with Crippen LogP contribution in [0.25, 0.3) is 0 Å². The molecule has 1 atom stereocenters. The highest BCUT2D eigenvalue weighted by atomic mass is 79.9. The Balaban J connectivity index is 1.92. The van der Waals surface area contributed by atoms with Crippen LogP contribution in [0.1, 0.15) is 24.1 Å². The highest BCUT2D eigenvalue weighted by Gasteiger charge is 2.12. The summed E-state index contributed by atoms with van der Waals surface area (Å²) in [7, 11) is 0. The highest BCUT2D eigenvalue weighted by Crippen LogP contribution is 2.19. The van der Waals surface area contributed by atoms with E-state index in [4.69, 9.17) is 0 Å². The third-order valence-electron chi connectivity index (χ3n) is 3.40. The van der Waals surface area contributed by atoms with Crippen LogP contribution in [0.3, 0.4) is 0 Å². The van der Waals surface area contributed by atoms with Crippen molar-refractivity contribution in [2.24, 2.45) is 0 Å². The third-order valence-corrected chi connectivity index (χ3v) is 3.93. The van der Waals surface area contributed by atoms with Gasteiger partial charge >= 0.3 is 0 Å². The first-order valence-electron chi connectivity index (χ1n) is 6.79. The summed E-state index contributed by atoms with van der Waals surface area (Å²) in [5.41, 5.74) is 2.15. The van der Waals surface area contributed by atoms with Gasteiger partial charge in [-0.1, -0.05) is 46.3 Å². The maximum Gasteiger partial charge on any atom is 0.272 e.